The summed E-state index contributed by atoms with van der Waals surface area (Å²) in [4.78, 5) is 16.7. The molecule has 1 amide bonds. The van der Waals surface area contributed by atoms with E-state index in [1.54, 1.807) is 0 Å². The van der Waals surface area contributed by atoms with E-state index in [2.05, 4.69) is 10.3 Å². The van der Waals surface area contributed by atoms with Gasteiger partial charge in [-0.25, -0.2) is 4.98 Å². The van der Waals surface area contributed by atoms with Gasteiger partial charge in [0.2, 0.25) is 0 Å². The number of halogens is 1. The first-order valence-electron chi connectivity index (χ1n) is 5.65. The van der Waals surface area contributed by atoms with E-state index in [-0.39, 0.29) is 5.91 Å². The summed E-state index contributed by atoms with van der Waals surface area (Å²) in [7, 11) is 0. The van der Waals surface area contributed by atoms with Crippen LogP contribution in [0.2, 0.25) is 4.47 Å². The molecule has 17 heavy (non-hydrogen) atoms. The molecular weight excluding hydrogens is 260 g/mol. The van der Waals surface area contributed by atoms with E-state index >= 15 is 0 Å². The number of carbonyl (C=O) groups is 1. The molecule has 6 heteroatoms. The SMILES string of the molecule is Cc1sc(Cl)nc1C(=O)NCC1CCOCC1. The van der Waals surface area contributed by atoms with E-state index in [0.717, 1.165) is 30.9 Å². The summed E-state index contributed by atoms with van der Waals surface area (Å²) < 4.78 is 5.69. The minimum absolute atomic E-state index is 0.128. The Morgan fingerprint density at radius 2 is 2.29 bits per heavy atom. The molecule has 0 saturated carbocycles. The van der Waals surface area contributed by atoms with E-state index < -0.39 is 0 Å². The zero-order valence-corrected chi connectivity index (χ0v) is 11.2. The number of aryl methyl sites for hydroxylation is 1. The summed E-state index contributed by atoms with van der Waals surface area (Å²) in [6, 6.07) is 0. The number of ether oxygens (including phenoxy) is 1. The number of aromatic nitrogens is 1. The predicted molar refractivity (Wildman–Crippen MR) is 67.7 cm³/mol. The molecular formula is C11H15ClN2O2S. The zero-order valence-electron chi connectivity index (χ0n) is 9.66. The maximum atomic E-state index is 11.9. The maximum Gasteiger partial charge on any atom is 0.271 e. The van der Waals surface area contributed by atoms with E-state index in [0.29, 0.717) is 22.6 Å². The van der Waals surface area contributed by atoms with Crippen LogP contribution in [0, 0.1) is 12.8 Å². The summed E-state index contributed by atoms with van der Waals surface area (Å²) in [5.74, 6) is 0.388. The molecule has 1 fully saturated rings. The van der Waals surface area contributed by atoms with Crippen molar-refractivity contribution in [3.05, 3.63) is 15.0 Å². The third-order valence-electron chi connectivity index (χ3n) is 2.88. The zero-order chi connectivity index (χ0) is 12.3. The lowest BCUT2D eigenvalue weighted by Gasteiger charge is -2.21. The minimum atomic E-state index is -0.128. The normalized spacial score (nSPS) is 17.1. The van der Waals surface area contributed by atoms with Crippen LogP contribution in [0.5, 0.6) is 0 Å². The molecule has 4 nitrogen and oxygen atoms in total. The number of rotatable bonds is 3. The number of hydrogen-bond acceptors (Lipinski definition) is 4. The summed E-state index contributed by atoms with van der Waals surface area (Å²) >= 11 is 7.10. The van der Waals surface area contributed by atoms with Gasteiger partial charge < -0.3 is 10.1 Å². The first-order valence-corrected chi connectivity index (χ1v) is 6.85. The summed E-state index contributed by atoms with van der Waals surface area (Å²) in [6.45, 7) is 4.13. The van der Waals surface area contributed by atoms with Gasteiger partial charge in [0, 0.05) is 24.6 Å². The van der Waals surface area contributed by atoms with Gasteiger partial charge in [-0.1, -0.05) is 11.6 Å². The van der Waals surface area contributed by atoms with Gasteiger partial charge in [0.05, 0.1) is 0 Å². The lowest BCUT2D eigenvalue weighted by Crippen LogP contribution is -2.32. The van der Waals surface area contributed by atoms with Crippen LogP contribution < -0.4 is 5.32 Å². The molecule has 1 aromatic heterocycles. The molecule has 1 aliphatic heterocycles. The van der Waals surface area contributed by atoms with Crippen molar-refractivity contribution >= 4 is 28.8 Å². The van der Waals surface area contributed by atoms with Gasteiger partial charge in [-0.05, 0) is 25.7 Å². The second-order valence-electron chi connectivity index (χ2n) is 4.14. The summed E-state index contributed by atoms with van der Waals surface area (Å²) in [5.41, 5.74) is 0.451. The number of nitrogens with one attached hydrogen (secondary N) is 1. The molecule has 0 spiro atoms. The molecule has 0 aliphatic carbocycles. The molecule has 1 aliphatic rings. The van der Waals surface area contributed by atoms with Crippen molar-refractivity contribution in [3.8, 4) is 0 Å². The fraction of sp³-hybridized carbons (Fsp3) is 0.636. The fourth-order valence-corrected chi connectivity index (χ4v) is 2.90. The highest BCUT2D eigenvalue weighted by atomic mass is 35.5. The average Bonchev–Trinajstić information content (AvgIpc) is 2.67. The van der Waals surface area contributed by atoms with E-state index in [9.17, 15) is 4.79 Å². The first-order chi connectivity index (χ1) is 8.16. The van der Waals surface area contributed by atoms with Gasteiger partial charge in [0.25, 0.3) is 5.91 Å². The molecule has 0 atom stereocenters. The van der Waals surface area contributed by atoms with Crippen molar-refractivity contribution in [3.63, 3.8) is 0 Å². The number of amides is 1. The minimum Gasteiger partial charge on any atom is -0.381 e. The monoisotopic (exact) mass is 274 g/mol. The van der Waals surface area contributed by atoms with Crippen LogP contribution in [0.15, 0.2) is 0 Å². The molecule has 1 N–H and O–H groups in total. The Morgan fingerprint density at radius 3 is 2.88 bits per heavy atom. The first kappa shape index (κ1) is 12.8. The predicted octanol–water partition coefficient (Wildman–Crippen LogP) is 2.26. The molecule has 0 aromatic carbocycles. The van der Waals surface area contributed by atoms with Crippen LogP contribution in [-0.4, -0.2) is 30.6 Å². The Labute approximate surface area is 109 Å². The van der Waals surface area contributed by atoms with Crippen LogP contribution in [0.1, 0.15) is 28.2 Å². The Balaban J connectivity index is 1.86. The molecule has 0 bridgehead atoms. The van der Waals surface area contributed by atoms with Crippen molar-refractivity contribution in [1.29, 1.82) is 0 Å². The lowest BCUT2D eigenvalue weighted by atomic mass is 10.0. The van der Waals surface area contributed by atoms with E-state index in [1.165, 1.54) is 11.3 Å². The Morgan fingerprint density at radius 1 is 1.59 bits per heavy atom. The van der Waals surface area contributed by atoms with Crippen molar-refractivity contribution in [2.75, 3.05) is 19.8 Å². The second kappa shape index (κ2) is 5.80. The maximum absolute atomic E-state index is 11.9. The largest absolute Gasteiger partial charge is 0.381 e. The molecule has 2 rings (SSSR count). The Bertz CT molecular complexity index is 402. The van der Waals surface area contributed by atoms with Gasteiger partial charge >= 0.3 is 0 Å². The van der Waals surface area contributed by atoms with Crippen LogP contribution in [0.3, 0.4) is 0 Å². The lowest BCUT2D eigenvalue weighted by molar-refractivity contribution is 0.0642. The van der Waals surface area contributed by atoms with Gasteiger partial charge in [0.15, 0.2) is 4.47 Å². The molecule has 2 heterocycles. The van der Waals surface area contributed by atoms with E-state index in [1.807, 2.05) is 6.92 Å². The summed E-state index contributed by atoms with van der Waals surface area (Å²) in [6.07, 6.45) is 2.02. The number of nitrogens with zero attached hydrogens (tertiary/aromatic N) is 1. The number of thiazole rings is 1. The highest BCUT2D eigenvalue weighted by molar-refractivity contribution is 7.15. The summed E-state index contributed by atoms with van der Waals surface area (Å²) in [5, 5.41) is 2.91. The van der Waals surface area contributed by atoms with Crippen molar-refractivity contribution < 1.29 is 9.53 Å². The van der Waals surface area contributed by atoms with Crippen LogP contribution in [0.4, 0.5) is 0 Å². The molecule has 94 valence electrons. The van der Waals surface area contributed by atoms with Crippen molar-refractivity contribution in [1.82, 2.24) is 10.3 Å². The van der Waals surface area contributed by atoms with E-state index in [4.69, 9.17) is 16.3 Å². The highest BCUT2D eigenvalue weighted by Crippen LogP contribution is 2.21. The van der Waals surface area contributed by atoms with Crippen LogP contribution in [-0.2, 0) is 4.74 Å². The third kappa shape index (κ3) is 3.40. The van der Waals surface area contributed by atoms with Crippen molar-refractivity contribution in [2.24, 2.45) is 5.92 Å². The Kier molecular flexibility index (Phi) is 4.36. The standard InChI is InChI=1S/C11H15ClN2O2S/c1-7-9(14-11(12)17-7)10(15)13-6-8-2-4-16-5-3-8/h8H,2-6H2,1H3,(H,13,15). The Hall–Kier alpha value is -0.650. The highest BCUT2D eigenvalue weighted by Gasteiger charge is 2.18. The smallest absolute Gasteiger partial charge is 0.271 e. The van der Waals surface area contributed by atoms with Crippen LogP contribution in [0.25, 0.3) is 0 Å². The average molecular weight is 275 g/mol. The quantitative estimate of drug-likeness (QED) is 0.920. The van der Waals surface area contributed by atoms with Crippen molar-refractivity contribution in [2.45, 2.75) is 19.8 Å². The van der Waals surface area contributed by atoms with Gasteiger partial charge in [0.1, 0.15) is 5.69 Å². The number of hydrogen-bond donors (Lipinski definition) is 1. The third-order valence-corrected chi connectivity index (χ3v) is 3.95. The molecule has 0 radical (unpaired) electrons. The van der Waals surface area contributed by atoms with Crippen LogP contribution >= 0.6 is 22.9 Å². The number of carbonyl (C=O) groups excluding carboxylic acids is 1. The van der Waals surface area contributed by atoms with Gasteiger partial charge in [-0.15, -0.1) is 11.3 Å². The van der Waals surface area contributed by atoms with Gasteiger partial charge in [-0.2, -0.15) is 0 Å². The fourth-order valence-electron chi connectivity index (χ4n) is 1.85. The molecule has 0 unspecified atom stereocenters. The molecule has 1 saturated heterocycles. The van der Waals surface area contributed by atoms with Gasteiger partial charge in [-0.3, -0.25) is 4.79 Å². The second-order valence-corrected chi connectivity index (χ2v) is 5.92. The molecule has 1 aromatic rings. The topological polar surface area (TPSA) is 51.2 Å².